The Morgan fingerprint density at radius 1 is 1.22 bits per heavy atom. The number of halogens is 1. The molecule has 1 heterocycles. The zero-order valence-electron chi connectivity index (χ0n) is 13.3. The summed E-state index contributed by atoms with van der Waals surface area (Å²) < 4.78 is 13.5. The number of rotatable bonds is 7. The van der Waals surface area contributed by atoms with E-state index < -0.39 is 11.7 Å². The number of pyridine rings is 1. The molecule has 0 aliphatic rings. The van der Waals surface area contributed by atoms with Crippen molar-refractivity contribution in [3.8, 4) is 0 Å². The van der Waals surface area contributed by atoms with E-state index in [1.807, 2.05) is 14.1 Å². The third-order valence-corrected chi connectivity index (χ3v) is 3.23. The first-order chi connectivity index (χ1) is 11.1. The smallest absolute Gasteiger partial charge is 0.258 e. The molecule has 0 saturated heterocycles. The number of anilines is 2. The fourth-order valence-electron chi connectivity index (χ4n) is 2.03. The van der Waals surface area contributed by atoms with Gasteiger partial charge in [-0.15, -0.1) is 0 Å². The van der Waals surface area contributed by atoms with Gasteiger partial charge in [0.05, 0.1) is 17.4 Å². The molecule has 1 amide bonds. The van der Waals surface area contributed by atoms with Gasteiger partial charge in [0.2, 0.25) is 0 Å². The Bertz CT molecular complexity index is 643. The van der Waals surface area contributed by atoms with Crippen molar-refractivity contribution >= 4 is 17.4 Å². The van der Waals surface area contributed by atoms with Gasteiger partial charge in [0.25, 0.3) is 5.91 Å². The van der Waals surface area contributed by atoms with E-state index in [0.717, 1.165) is 25.3 Å². The minimum absolute atomic E-state index is 0.0124. The molecule has 0 saturated carbocycles. The van der Waals surface area contributed by atoms with Crippen LogP contribution in [0.2, 0.25) is 0 Å². The Balaban J connectivity index is 1.87. The Morgan fingerprint density at radius 2 is 2.00 bits per heavy atom. The normalized spacial score (nSPS) is 10.6. The summed E-state index contributed by atoms with van der Waals surface area (Å²) in [6, 6.07) is 9.39. The molecule has 0 spiro atoms. The average molecular weight is 316 g/mol. The summed E-state index contributed by atoms with van der Waals surface area (Å²) >= 11 is 0. The molecule has 0 radical (unpaired) electrons. The number of carbonyl (C=O) groups excluding carboxylic acids is 1. The molecule has 122 valence electrons. The van der Waals surface area contributed by atoms with Gasteiger partial charge in [-0.3, -0.25) is 4.79 Å². The van der Waals surface area contributed by atoms with Crippen molar-refractivity contribution in [2.24, 2.45) is 0 Å². The molecule has 2 aromatic rings. The molecular weight excluding hydrogens is 295 g/mol. The quantitative estimate of drug-likeness (QED) is 0.771. The van der Waals surface area contributed by atoms with Gasteiger partial charge >= 0.3 is 0 Å². The van der Waals surface area contributed by atoms with Crippen molar-refractivity contribution in [1.82, 2.24) is 9.88 Å². The monoisotopic (exact) mass is 316 g/mol. The number of amides is 1. The van der Waals surface area contributed by atoms with Gasteiger partial charge in [-0.05, 0) is 51.3 Å². The molecule has 23 heavy (non-hydrogen) atoms. The summed E-state index contributed by atoms with van der Waals surface area (Å²) in [5, 5.41) is 5.84. The molecule has 0 atom stereocenters. The number of hydrogen-bond donors (Lipinski definition) is 2. The summed E-state index contributed by atoms with van der Waals surface area (Å²) in [5.41, 5.74) is 0.537. The number of nitrogens with one attached hydrogen (secondary N) is 2. The number of nitrogens with zero attached hydrogens (tertiary/aromatic N) is 2. The molecule has 2 rings (SSSR count). The molecule has 0 fully saturated rings. The van der Waals surface area contributed by atoms with Crippen LogP contribution in [0.1, 0.15) is 16.8 Å². The lowest BCUT2D eigenvalue weighted by Crippen LogP contribution is -2.16. The molecule has 2 N–H and O–H groups in total. The molecular formula is C17H21FN4O. The Hall–Kier alpha value is -2.47. The fraction of sp³-hybridized carbons (Fsp3) is 0.294. The average Bonchev–Trinajstić information content (AvgIpc) is 2.53. The van der Waals surface area contributed by atoms with E-state index in [9.17, 15) is 9.18 Å². The number of hydrogen-bond acceptors (Lipinski definition) is 4. The van der Waals surface area contributed by atoms with Crippen LogP contribution in [0.25, 0.3) is 0 Å². The van der Waals surface area contributed by atoms with E-state index in [2.05, 4.69) is 20.5 Å². The molecule has 0 aliphatic carbocycles. The van der Waals surface area contributed by atoms with Gasteiger partial charge in [0.15, 0.2) is 0 Å². The highest BCUT2D eigenvalue weighted by molar-refractivity contribution is 6.04. The summed E-state index contributed by atoms with van der Waals surface area (Å²) in [6.45, 7) is 1.83. The lowest BCUT2D eigenvalue weighted by molar-refractivity contribution is 0.102. The first-order valence-electron chi connectivity index (χ1n) is 7.47. The summed E-state index contributed by atoms with van der Waals surface area (Å²) in [4.78, 5) is 18.3. The Kier molecular flexibility index (Phi) is 6.05. The zero-order valence-corrected chi connectivity index (χ0v) is 13.3. The van der Waals surface area contributed by atoms with Crippen LogP contribution in [0.3, 0.4) is 0 Å². The number of aromatic nitrogens is 1. The van der Waals surface area contributed by atoms with Crippen LogP contribution in [-0.4, -0.2) is 43.0 Å². The van der Waals surface area contributed by atoms with Crippen LogP contribution in [0.15, 0.2) is 42.6 Å². The molecule has 1 aromatic carbocycles. The SMILES string of the molecule is CN(C)CCCNc1ccc(NC(=O)c2ccccc2F)cn1. The van der Waals surface area contributed by atoms with Crippen molar-refractivity contribution in [2.45, 2.75) is 6.42 Å². The Morgan fingerprint density at radius 3 is 2.65 bits per heavy atom. The van der Waals surface area contributed by atoms with Gasteiger partial charge in [-0.2, -0.15) is 0 Å². The first kappa shape index (κ1) is 16.9. The van der Waals surface area contributed by atoms with Crippen molar-refractivity contribution < 1.29 is 9.18 Å². The fourth-order valence-corrected chi connectivity index (χ4v) is 2.03. The first-order valence-corrected chi connectivity index (χ1v) is 7.47. The second kappa shape index (κ2) is 8.24. The molecule has 0 bridgehead atoms. The minimum atomic E-state index is -0.544. The molecule has 0 aliphatic heterocycles. The maximum Gasteiger partial charge on any atom is 0.258 e. The maximum atomic E-state index is 13.5. The summed E-state index contributed by atoms with van der Waals surface area (Å²) in [6.07, 6.45) is 2.56. The topological polar surface area (TPSA) is 57.3 Å². The molecule has 5 nitrogen and oxygen atoms in total. The van der Waals surface area contributed by atoms with Crippen LogP contribution in [0, 0.1) is 5.82 Å². The van der Waals surface area contributed by atoms with E-state index in [1.54, 1.807) is 30.5 Å². The third-order valence-electron chi connectivity index (χ3n) is 3.23. The van der Waals surface area contributed by atoms with E-state index in [4.69, 9.17) is 0 Å². The highest BCUT2D eigenvalue weighted by Gasteiger charge is 2.10. The van der Waals surface area contributed by atoms with Crippen LogP contribution in [-0.2, 0) is 0 Å². The second-order valence-corrected chi connectivity index (χ2v) is 5.45. The molecule has 0 unspecified atom stereocenters. The van der Waals surface area contributed by atoms with Crippen molar-refractivity contribution in [3.63, 3.8) is 0 Å². The van der Waals surface area contributed by atoms with Crippen molar-refractivity contribution in [3.05, 3.63) is 54.0 Å². The standard InChI is InChI=1S/C17H21FN4O/c1-22(2)11-5-10-19-16-9-8-13(12-20-16)21-17(23)14-6-3-4-7-15(14)18/h3-4,6-9,12H,5,10-11H2,1-2H3,(H,19,20)(H,21,23). The van der Waals surface area contributed by atoms with E-state index in [-0.39, 0.29) is 5.56 Å². The van der Waals surface area contributed by atoms with E-state index in [0.29, 0.717) is 5.69 Å². The summed E-state index contributed by atoms with van der Waals surface area (Å²) in [7, 11) is 4.07. The number of carbonyl (C=O) groups is 1. The minimum Gasteiger partial charge on any atom is -0.370 e. The number of benzene rings is 1. The van der Waals surface area contributed by atoms with Crippen molar-refractivity contribution in [2.75, 3.05) is 37.8 Å². The van der Waals surface area contributed by atoms with E-state index >= 15 is 0 Å². The second-order valence-electron chi connectivity index (χ2n) is 5.45. The Labute approximate surface area is 135 Å². The zero-order chi connectivity index (χ0) is 16.7. The largest absolute Gasteiger partial charge is 0.370 e. The maximum absolute atomic E-state index is 13.5. The van der Waals surface area contributed by atoms with Crippen molar-refractivity contribution in [1.29, 1.82) is 0 Å². The van der Waals surface area contributed by atoms with E-state index in [1.165, 1.54) is 12.1 Å². The van der Waals surface area contributed by atoms with Crippen LogP contribution < -0.4 is 10.6 Å². The van der Waals surface area contributed by atoms with Crippen LogP contribution in [0.5, 0.6) is 0 Å². The van der Waals surface area contributed by atoms with Gasteiger partial charge in [0, 0.05) is 6.54 Å². The lowest BCUT2D eigenvalue weighted by Gasteiger charge is -2.10. The highest BCUT2D eigenvalue weighted by atomic mass is 19.1. The van der Waals surface area contributed by atoms with Gasteiger partial charge in [-0.25, -0.2) is 9.37 Å². The molecule has 1 aromatic heterocycles. The van der Waals surface area contributed by atoms with Gasteiger partial charge in [0.1, 0.15) is 11.6 Å². The van der Waals surface area contributed by atoms with Gasteiger partial charge in [-0.1, -0.05) is 12.1 Å². The highest BCUT2D eigenvalue weighted by Crippen LogP contribution is 2.13. The predicted octanol–water partition coefficient (Wildman–Crippen LogP) is 2.84. The third kappa shape index (κ3) is 5.34. The molecule has 6 heteroatoms. The lowest BCUT2D eigenvalue weighted by atomic mass is 10.2. The summed E-state index contributed by atoms with van der Waals surface area (Å²) in [5.74, 6) is -0.290. The predicted molar refractivity (Wildman–Crippen MR) is 90.3 cm³/mol. The van der Waals surface area contributed by atoms with Gasteiger partial charge < -0.3 is 15.5 Å². The van der Waals surface area contributed by atoms with Crippen LogP contribution in [0.4, 0.5) is 15.9 Å². The van der Waals surface area contributed by atoms with Crippen LogP contribution >= 0.6 is 0 Å².